The number of benzene rings is 1. The molecule has 0 aliphatic carbocycles. The van der Waals surface area contributed by atoms with Crippen molar-refractivity contribution >= 4 is 27.3 Å². The van der Waals surface area contributed by atoms with Gasteiger partial charge in [-0.1, -0.05) is 48.0 Å². The monoisotopic (exact) mass is 351 g/mol. The summed E-state index contributed by atoms with van der Waals surface area (Å²) in [5.41, 5.74) is 2.86. The van der Waals surface area contributed by atoms with Gasteiger partial charge < -0.3 is 5.32 Å². The molecule has 0 radical (unpaired) electrons. The van der Waals surface area contributed by atoms with Crippen molar-refractivity contribution in [2.24, 2.45) is 5.92 Å². The Balaban J connectivity index is 2.03. The summed E-state index contributed by atoms with van der Waals surface area (Å²) >= 11 is 5.45. The van der Waals surface area contributed by atoms with Crippen LogP contribution in [0.5, 0.6) is 0 Å². The molecule has 0 saturated carbocycles. The standard InChI is InChI=1S/C17H22BrNS/c1-13(2)19-11-15(9-14-7-8-20-12-14)10-16-5-3-4-6-17(16)18/h3-8,12-13,15,19H,9-11H2,1-2H3. The maximum Gasteiger partial charge on any atom is 0.0207 e. The van der Waals surface area contributed by atoms with Crippen LogP contribution in [0.3, 0.4) is 0 Å². The SMILES string of the molecule is CC(C)NCC(Cc1ccsc1)Cc1ccccc1Br. The van der Waals surface area contributed by atoms with Gasteiger partial charge in [-0.05, 0) is 59.3 Å². The highest BCUT2D eigenvalue weighted by molar-refractivity contribution is 9.10. The summed E-state index contributed by atoms with van der Waals surface area (Å²) < 4.78 is 1.22. The van der Waals surface area contributed by atoms with Crippen LogP contribution >= 0.6 is 27.3 Å². The molecule has 0 fully saturated rings. The Kier molecular flexibility index (Phi) is 6.27. The highest BCUT2D eigenvalue weighted by Crippen LogP contribution is 2.22. The van der Waals surface area contributed by atoms with Crippen molar-refractivity contribution in [2.45, 2.75) is 32.7 Å². The zero-order valence-corrected chi connectivity index (χ0v) is 14.5. The highest BCUT2D eigenvalue weighted by Gasteiger charge is 2.13. The molecule has 1 N–H and O–H groups in total. The third kappa shape index (κ3) is 5.04. The number of halogens is 1. The van der Waals surface area contributed by atoms with Gasteiger partial charge in [-0.15, -0.1) is 0 Å². The summed E-state index contributed by atoms with van der Waals surface area (Å²) in [5, 5.41) is 8.02. The number of rotatable bonds is 7. The van der Waals surface area contributed by atoms with Crippen molar-refractivity contribution in [3.63, 3.8) is 0 Å². The maximum atomic E-state index is 3.66. The van der Waals surface area contributed by atoms with Gasteiger partial charge in [0, 0.05) is 10.5 Å². The fourth-order valence-corrected chi connectivity index (χ4v) is 3.46. The van der Waals surface area contributed by atoms with Gasteiger partial charge in [-0.25, -0.2) is 0 Å². The van der Waals surface area contributed by atoms with E-state index in [1.165, 1.54) is 15.6 Å². The molecular weight excluding hydrogens is 330 g/mol. The number of nitrogens with one attached hydrogen (secondary N) is 1. The maximum absolute atomic E-state index is 3.66. The molecule has 0 spiro atoms. The van der Waals surface area contributed by atoms with Crippen LogP contribution in [-0.2, 0) is 12.8 Å². The fourth-order valence-electron chi connectivity index (χ4n) is 2.34. The predicted octanol–water partition coefficient (Wildman–Crippen LogP) is 4.91. The molecular formula is C17H22BrNS. The third-order valence-corrected chi connectivity index (χ3v) is 4.89. The number of thiophene rings is 1. The Morgan fingerprint density at radius 3 is 2.60 bits per heavy atom. The second-order valence-electron chi connectivity index (χ2n) is 5.56. The van der Waals surface area contributed by atoms with E-state index >= 15 is 0 Å². The molecule has 1 aromatic carbocycles. The quantitative estimate of drug-likeness (QED) is 0.747. The van der Waals surface area contributed by atoms with Crippen molar-refractivity contribution < 1.29 is 0 Å². The van der Waals surface area contributed by atoms with Crippen molar-refractivity contribution in [3.8, 4) is 0 Å². The van der Waals surface area contributed by atoms with Gasteiger partial charge in [0.1, 0.15) is 0 Å². The lowest BCUT2D eigenvalue weighted by Crippen LogP contribution is -2.31. The molecule has 0 saturated heterocycles. The number of hydrogen-bond acceptors (Lipinski definition) is 2. The second kappa shape index (κ2) is 7.96. The van der Waals surface area contributed by atoms with Crippen LogP contribution in [0.1, 0.15) is 25.0 Å². The third-order valence-electron chi connectivity index (χ3n) is 3.39. The van der Waals surface area contributed by atoms with Crippen molar-refractivity contribution in [2.75, 3.05) is 6.54 Å². The molecule has 20 heavy (non-hydrogen) atoms. The van der Waals surface area contributed by atoms with Gasteiger partial charge in [0.2, 0.25) is 0 Å². The normalized spacial score (nSPS) is 12.8. The summed E-state index contributed by atoms with van der Waals surface area (Å²) in [6, 6.07) is 11.3. The molecule has 0 aliphatic heterocycles. The zero-order valence-electron chi connectivity index (χ0n) is 12.1. The average Bonchev–Trinajstić information content (AvgIpc) is 2.91. The van der Waals surface area contributed by atoms with Gasteiger partial charge in [0.25, 0.3) is 0 Å². The molecule has 1 aromatic heterocycles. The van der Waals surface area contributed by atoms with Gasteiger partial charge >= 0.3 is 0 Å². The topological polar surface area (TPSA) is 12.0 Å². The minimum Gasteiger partial charge on any atom is -0.314 e. The molecule has 108 valence electrons. The molecule has 0 amide bonds. The molecule has 0 bridgehead atoms. The van der Waals surface area contributed by atoms with Crippen LogP contribution in [0.2, 0.25) is 0 Å². The predicted molar refractivity (Wildman–Crippen MR) is 92.5 cm³/mol. The Bertz CT molecular complexity index is 507. The van der Waals surface area contributed by atoms with Gasteiger partial charge in [-0.2, -0.15) is 11.3 Å². The molecule has 1 heterocycles. The van der Waals surface area contributed by atoms with E-state index in [-0.39, 0.29) is 0 Å². The molecule has 2 aromatic rings. The van der Waals surface area contributed by atoms with E-state index in [2.05, 4.69) is 76.2 Å². The second-order valence-corrected chi connectivity index (χ2v) is 7.19. The lowest BCUT2D eigenvalue weighted by atomic mass is 9.93. The summed E-state index contributed by atoms with van der Waals surface area (Å²) in [6.07, 6.45) is 2.25. The van der Waals surface area contributed by atoms with Gasteiger partial charge in [-0.3, -0.25) is 0 Å². The molecule has 1 atom stereocenters. The minimum absolute atomic E-state index is 0.541. The lowest BCUT2D eigenvalue weighted by Gasteiger charge is -2.19. The summed E-state index contributed by atoms with van der Waals surface area (Å²) in [7, 11) is 0. The Morgan fingerprint density at radius 1 is 1.15 bits per heavy atom. The minimum atomic E-state index is 0.541. The van der Waals surface area contributed by atoms with E-state index < -0.39 is 0 Å². The van der Waals surface area contributed by atoms with Crippen molar-refractivity contribution in [3.05, 3.63) is 56.7 Å². The first-order chi connectivity index (χ1) is 9.65. The van der Waals surface area contributed by atoms with Crippen LogP contribution in [-0.4, -0.2) is 12.6 Å². The molecule has 2 rings (SSSR count). The first-order valence-electron chi connectivity index (χ1n) is 7.13. The summed E-state index contributed by atoms with van der Waals surface area (Å²) in [4.78, 5) is 0. The van der Waals surface area contributed by atoms with E-state index in [0.717, 1.165) is 19.4 Å². The molecule has 3 heteroatoms. The van der Waals surface area contributed by atoms with Crippen LogP contribution < -0.4 is 5.32 Å². The van der Waals surface area contributed by atoms with E-state index in [4.69, 9.17) is 0 Å². The van der Waals surface area contributed by atoms with Crippen LogP contribution in [0.15, 0.2) is 45.6 Å². The van der Waals surface area contributed by atoms with Crippen LogP contribution in [0.25, 0.3) is 0 Å². The smallest absolute Gasteiger partial charge is 0.0207 e. The molecule has 0 aliphatic rings. The Hall–Kier alpha value is -0.640. The highest BCUT2D eigenvalue weighted by atomic mass is 79.9. The summed E-state index contributed by atoms with van der Waals surface area (Å²) in [5.74, 6) is 0.630. The van der Waals surface area contributed by atoms with E-state index in [9.17, 15) is 0 Å². The van der Waals surface area contributed by atoms with E-state index in [1.54, 1.807) is 11.3 Å². The van der Waals surface area contributed by atoms with E-state index in [0.29, 0.717) is 12.0 Å². The molecule has 1 nitrogen and oxygen atoms in total. The first kappa shape index (κ1) is 15.7. The van der Waals surface area contributed by atoms with E-state index in [1.807, 2.05) is 0 Å². The zero-order chi connectivity index (χ0) is 14.4. The first-order valence-corrected chi connectivity index (χ1v) is 8.86. The Labute approximate surface area is 134 Å². The van der Waals surface area contributed by atoms with Gasteiger partial charge in [0.05, 0.1) is 0 Å². The van der Waals surface area contributed by atoms with Gasteiger partial charge in [0.15, 0.2) is 0 Å². The fraction of sp³-hybridized carbons (Fsp3) is 0.412. The number of hydrogen-bond donors (Lipinski definition) is 1. The Morgan fingerprint density at radius 2 is 1.95 bits per heavy atom. The van der Waals surface area contributed by atoms with Crippen molar-refractivity contribution in [1.82, 2.24) is 5.32 Å². The lowest BCUT2D eigenvalue weighted by molar-refractivity contribution is 0.444. The summed E-state index contributed by atoms with van der Waals surface area (Å²) in [6.45, 7) is 5.48. The van der Waals surface area contributed by atoms with Crippen LogP contribution in [0, 0.1) is 5.92 Å². The average molecular weight is 352 g/mol. The van der Waals surface area contributed by atoms with Crippen molar-refractivity contribution in [1.29, 1.82) is 0 Å². The van der Waals surface area contributed by atoms with Crippen LogP contribution in [0.4, 0.5) is 0 Å². The largest absolute Gasteiger partial charge is 0.314 e. The molecule has 1 unspecified atom stereocenters.